The molecule has 0 unspecified atom stereocenters. The zero-order valence-corrected chi connectivity index (χ0v) is 11.6. The quantitative estimate of drug-likeness (QED) is 0.675. The molecule has 0 saturated carbocycles. The third-order valence-electron chi connectivity index (χ3n) is 3.58. The van der Waals surface area contributed by atoms with Crippen molar-refractivity contribution >= 4 is 16.7 Å². The van der Waals surface area contributed by atoms with E-state index in [2.05, 4.69) is 4.98 Å². The van der Waals surface area contributed by atoms with E-state index in [-0.39, 0.29) is 18.0 Å². The summed E-state index contributed by atoms with van der Waals surface area (Å²) in [6, 6.07) is 13.9. The molecule has 0 aliphatic rings. The summed E-state index contributed by atoms with van der Waals surface area (Å²) in [7, 11) is 0. The molecule has 2 aromatic carbocycles. The van der Waals surface area contributed by atoms with Gasteiger partial charge in [-0.05, 0) is 48.4 Å². The lowest BCUT2D eigenvalue weighted by Crippen LogP contribution is -2.06. The fourth-order valence-electron chi connectivity index (χ4n) is 2.52. The summed E-state index contributed by atoms with van der Waals surface area (Å²) in [5, 5.41) is 0.980. The Morgan fingerprint density at radius 3 is 2.76 bits per heavy atom. The first kappa shape index (κ1) is 13.4. The predicted octanol–water partition coefficient (Wildman–Crippen LogP) is 4.11. The third-order valence-corrected chi connectivity index (χ3v) is 3.58. The normalized spacial score (nSPS) is 10.8. The van der Waals surface area contributed by atoms with Gasteiger partial charge in [0.25, 0.3) is 0 Å². The van der Waals surface area contributed by atoms with Crippen molar-refractivity contribution < 1.29 is 9.18 Å². The van der Waals surface area contributed by atoms with Gasteiger partial charge in [0.1, 0.15) is 5.82 Å². The first-order valence-electron chi connectivity index (χ1n) is 6.77. The number of aromatic nitrogens is 1. The van der Waals surface area contributed by atoms with Crippen molar-refractivity contribution in [3.63, 3.8) is 0 Å². The van der Waals surface area contributed by atoms with Crippen molar-refractivity contribution in [2.24, 2.45) is 0 Å². The largest absolute Gasteiger partial charge is 0.294 e. The first-order chi connectivity index (χ1) is 10.1. The van der Waals surface area contributed by atoms with Crippen LogP contribution in [0, 0.1) is 12.7 Å². The van der Waals surface area contributed by atoms with E-state index in [4.69, 9.17) is 0 Å². The molecule has 0 N–H and O–H groups in total. The molecule has 0 aliphatic heterocycles. The molecule has 0 atom stereocenters. The number of pyridine rings is 1. The number of hydrogen-bond acceptors (Lipinski definition) is 2. The van der Waals surface area contributed by atoms with Crippen LogP contribution in [0.2, 0.25) is 0 Å². The SMILES string of the molecule is Cc1cc(F)ccc1C(=O)Cc1ccnc2ccccc12. The summed E-state index contributed by atoms with van der Waals surface area (Å²) in [6.07, 6.45) is 2.00. The van der Waals surface area contributed by atoms with Crippen molar-refractivity contribution in [3.8, 4) is 0 Å². The van der Waals surface area contributed by atoms with Gasteiger partial charge in [0, 0.05) is 23.6 Å². The Labute approximate surface area is 122 Å². The molecule has 3 aromatic rings. The fraction of sp³-hybridized carbons (Fsp3) is 0.111. The van der Waals surface area contributed by atoms with Crippen LogP contribution in [0.15, 0.2) is 54.7 Å². The fourth-order valence-corrected chi connectivity index (χ4v) is 2.52. The summed E-state index contributed by atoms with van der Waals surface area (Å²) in [4.78, 5) is 16.7. The number of hydrogen-bond donors (Lipinski definition) is 0. The van der Waals surface area contributed by atoms with Crippen LogP contribution in [0.25, 0.3) is 10.9 Å². The minimum Gasteiger partial charge on any atom is -0.294 e. The number of aryl methyl sites for hydroxylation is 1. The maximum atomic E-state index is 13.1. The molecule has 2 nitrogen and oxygen atoms in total. The molecule has 0 fully saturated rings. The number of carbonyl (C=O) groups excluding carboxylic acids is 1. The predicted molar refractivity (Wildman–Crippen MR) is 80.9 cm³/mol. The molecule has 0 bridgehead atoms. The maximum Gasteiger partial charge on any atom is 0.167 e. The summed E-state index contributed by atoms with van der Waals surface area (Å²) < 4.78 is 13.1. The van der Waals surface area contributed by atoms with Gasteiger partial charge >= 0.3 is 0 Å². The van der Waals surface area contributed by atoms with Gasteiger partial charge in [0.2, 0.25) is 0 Å². The average molecular weight is 279 g/mol. The number of rotatable bonds is 3. The van der Waals surface area contributed by atoms with E-state index < -0.39 is 0 Å². The molecule has 0 spiro atoms. The van der Waals surface area contributed by atoms with Crippen LogP contribution in [0.1, 0.15) is 21.5 Å². The summed E-state index contributed by atoms with van der Waals surface area (Å²) in [5.74, 6) is -0.331. The first-order valence-corrected chi connectivity index (χ1v) is 6.77. The van der Waals surface area contributed by atoms with Gasteiger partial charge in [-0.1, -0.05) is 18.2 Å². The topological polar surface area (TPSA) is 30.0 Å². The number of fused-ring (bicyclic) bond motifs is 1. The highest BCUT2D eigenvalue weighted by Gasteiger charge is 2.12. The Bertz CT molecular complexity index is 821. The highest BCUT2D eigenvalue weighted by Crippen LogP contribution is 2.19. The van der Waals surface area contributed by atoms with Crippen LogP contribution in [-0.4, -0.2) is 10.8 Å². The molecule has 3 rings (SSSR count). The molecule has 104 valence electrons. The van der Waals surface area contributed by atoms with E-state index in [9.17, 15) is 9.18 Å². The van der Waals surface area contributed by atoms with E-state index in [0.29, 0.717) is 11.1 Å². The molecule has 0 aliphatic carbocycles. The number of ketones is 1. The smallest absolute Gasteiger partial charge is 0.167 e. The molecule has 0 saturated heterocycles. The van der Waals surface area contributed by atoms with Crippen LogP contribution in [0.3, 0.4) is 0 Å². The second-order valence-corrected chi connectivity index (χ2v) is 5.05. The second kappa shape index (κ2) is 5.44. The maximum absolute atomic E-state index is 13.1. The summed E-state index contributed by atoms with van der Waals surface area (Å²) in [5.41, 5.74) is 3.05. The van der Waals surface area contributed by atoms with Gasteiger partial charge in [-0.2, -0.15) is 0 Å². The van der Waals surface area contributed by atoms with Crippen LogP contribution in [0.4, 0.5) is 4.39 Å². The Kier molecular flexibility index (Phi) is 3.48. The molecule has 21 heavy (non-hydrogen) atoms. The van der Waals surface area contributed by atoms with Crippen LogP contribution in [0.5, 0.6) is 0 Å². The highest BCUT2D eigenvalue weighted by atomic mass is 19.1. The van der Waals surface area contributed by atoms with E-state index in [1.807, 2.05) is 30.3 Å². The molecule has 0 radical (unpaired) electrons. The Balaban J connectivity index is 1.97. The standard InChI is InChI=1S/C18H14FNO/c1-12-10-14(19)6-7-15(12)18(21)11-13-8-9-20-17-5-3-2-4-16(13)17/h2-10H,11H2,1H3. The van der Waals surface area contributed by atoms with Gasteiger partial charge in [-0.25, -0.2) is 4.39 Å². The number of halogens is 1. The Morgan fingerprint density at radius 1 is 1.14 bits per heavy atom. The zero-order valence-electron chi connectivity index (χ0n) is 11.6. The van der Waals surface area contributed by atoms with Gasteiger partial charge in [-0.3, -0.25) is 9.78 Å². The van der Waals surface area contributed by atoms with Gasteiger partial charge in [0.15, 0.2) is 5.78 Å². The van der Waals surface area contributed by atoms with Crippen LogP contribution in [-0.2, 0) is 6.42 Å². The van der Waals surface area contributed by atoms with E-state index in [1.165, 1.54) is 12.1 Å². The number of carbonyl (C=O) groups is 1. The monoisotopic (exact) mass is 279 g/mol. The van der Waals surface area contributed by atoms with E-state index >= 15 is 0 Å². The number of para-hydroxylation sites is 1. The molecule has 3 heteroatoms. The average Bonchev–Trinajstić information content (AvgIpc) is 2.47. The lowest BCUT2D eigenvalue weighted by Gasteiger charge is -2.07. The molecule has 1 aromatic heterocycles. The summed E-state index contributed by atoms with van der Waals surface area (Å²) >= 11 is 0. The van der Waals surface area contributed by atoms with Crippen molar-refractivity contribution in [2.45, 2.75) is 13.3 Å². The molecule has 0 amide bonds. The Hall–Kier alpha value is -2.55. The molecular formula is C18H14FNO. The minimum absolute atomic E-state index is 0.0103. The van der Waals surface area contributed by atoms with Crippen molar-refractivity contribution in [2.75, 3.05) is 0 Å². The van der Waals surface area contributed by atoms with Crippen molar-refractivity contribution in [1.82, 2.24) is 4.98 Å². The van der Waals surface area contributed by atoms with Crippen LogP contribution >= 0.6 is 0 Å². The van der Waals surface area contributed by atoms with E-state index in [0.717, 1.165) is 16.5 Å². The lowest BCUT2D eigenvalue weighted by molar-refractivity contribution is 0.0992. The van der Waals surface area contributed by atoms with Crippen LogP contribution < -0.4 is 0 Å². The lowest BCUT2D eigenvalue weighted by atomic mass is 9.97. The zero-order chi connectivity index (χ0) is 14.8. The summed E-state index contributed by atoms with van der Waals surface area (Å²) in [6.45, 7) is 1.75. The number of nitrogens with zero attached hydrogens (tertiary/aromatic N) is 1. The molecular weight excluding hydrogens is 265 g/mol. The van der Waals surface area contributed by atoms with Crippen molar-refractivity contribution in [1.29, 1.82) is 0 Å². The van der Waals surface area contributed by atoms with Gasteiger partial charge < -0.3 is 0 Å². The Morgan fingerprint density at radius 2 is 1.95 bits per heavy atom. The minimum atomic E-state index is -0.321. The second-order valence-electron chi connectivity index (χ2n) is 5.05. The third kappa shape index (κ3) is 2.68. The van der Waals surface area contributed by atoms with Crippen molar-refractivity contribution in [3.05, 3.63) is 77.2 Å². The number of Topliss-reactive ketones (excluding diaryl/α,β-unsaturated/α-hetero) is 1. The highest BCUT2D eigenvalue weighted by molar-refractivity contribution is 6.00. The van der Waals surface area contributed by atoms with E-state index in [1.54, 1.807) is 19.2 Å². The molecule has 1 heterocycles. The van der Waals surface area contributed by atoms with Gasteiger partial charge in [0.05, 0.1) is 5.52 Å². The van der Waals surface area contributed by atoms with Gasteiger partial charge in [-0.15, -0.1) is 0 Å². The number of benzene rings is 2.